The Hall–Kier alpha value is -1.86. The zero-order chi connectivity index (χ0) is 13.1. The van der Waals surface area contributed by atoms with Gasteiger partial charge in [0.15, 0.2) is 0 Å². The molecule has 0 saturated heterocycles. The highest BCUT2D eigenvalue weighted by atomic mass is 32.2. The van der Waals surface area contributed by atoms with Crippen LogP contribution in [0, 0.1) is 0 Å². The first-order chi connectivity index (χ1) is 9.92. The third-order valence-electron chi connectivity index (χ3n) is 3.56. The Labute approximate surface area is 123 Å². The lowest BCUT2D eigenvalue weighted by Gasteiger charge is -2.23. The summed E-state index contributed by atoms with van der Waals surface area (Å²) >= 11 is 3.49. The van der Waals surface area contributed by atoms with Crippen molar-refractivity contribution in [2.75, 3.05) is 5.01 Å². The Balaban J connectivity index is 1.66. The highest BCUT2D eigenvalue weighted by Crippen LogP contribution is 2.51. The minimum absolute atomic E-state index is 0.228. The van der Waals surface area contributed by atoms with Crippen LogP contribution in [0.5, 0.6) is 0 Å². The summed E-state index contributed by atoms with van der Waals surface area (Å²) in [6, 6.07) is 8.40. The molecule has 20 heavy (non-hydrogen) atoms. The SMILES string of the molecule is C1=C2Sc3nncn3N2C(c2c[nH]c3ccccc23)S1. The van der Waals surface area contributed by atoms with Crippen molar-refractivity contribution in [2.24, 2.45) is 0 Å². The molecule has 0 fully saturated rings. The lowest BCUT2D eigenvalue weighted by Crippen LogP contribution is -2.28. The van der Waals surface area contributed by atoms with Gasteiger partial charge in [-0.05, 0) is 17.8 Å². The standard InChI is InChI=1S/C13H9N5S2/c1-2-4-10-8(3-1)9(5-14-10)12-18-11(6-19-12)20-13-16-15-7-17(13)18/h1-7,12,14H. The number of aromatic amines is 1. The second-order valence-corrected chi connectivity index (χ2v) is 6.58. The molecular weight excluding hydrogens is 290 g/mol. The van der Waals surface area contributed by atoms with Gasteiger partial charge in [0, 0.05) is 28.1 Å². The van der Waals surface area contributed by atoms with E-state index in [0.29, 0.717) is 0 Å². The average molecular weight is 299 g/mol. The van der Waals surface area contributed by atoms with E-state index in [0.717, 1.165) is 5.16 Å². The van der Waals surface area contributed by atoms with Crippen LogP contribution in [0.15, 0.2) is 52.4 Å². The highest BCUT2D eigenvalue weighted by molar-refractivity contribution is 8.07. The third kappa shape index (κ3) is 1.31. The number of fused-ring (bicyclic) bond motifs is 4. The van der Waals surface area contributed by atoms with Gasteiger partial charge in [-0.3, -0.25) is 5.01 Å². The Kier molecular flexibility index (Phi) is 2.08. The summed E-state index contributed by atoms with van der Waals surface area (Å²) in [7, 11) is 0. The molecule has 1 N–H and O–H groups in total. The summed E-state index contributed by atoms with van der Waals surface area (Å²) in [6.07, 6.45) is 3.88. The second-order valence-electron chi connectivity index (χ2n) is 4.64. The van der Waals surface area contributed by atoms with Crippen molar-refractivity contribution in [3.63, 3.8) is 0 Å². The molecule has 5 nitrogen and oxygen atoms in total. The lowest BCUT2D eigenvalue weighted by molar-refractivity contribution is 0.635. The molecule has 98 valence electrons. The molecule has 7 heteroatoms. The zero-order valence-corrected chi connectivity index (χ0v) is 11.9. The van der Waals surface area contributed by atoms with Crippen LogP contribution >= 0.6 is 23.5 Å². The molecule has 2 aliphatic heterocycles. The van der Waals surface area contributed by atoms with Crippen molar-refractivity contribution in [2.45, 2.75) is 10.5 Å². The number of nitrogens with zero attached hydrogens (tertiary/aromatic N) is 4. The van der Waals surface area contributed by atoms with Gasteiger partial charge in [-0.1, -0.05) is 30.0 Å². The van der Waals surface area contributed by atoms with Gasteiger partial charge in [-0.25, -0.2) is 4.68 Å². The molecule has 1 atom stereocenters. The van der Waals surface area contributed by atoms with E-state index in [1.165, 1.54) is 21.5 Å². The quantitative estimate of drug-likeness (QED) is 0.748. The monoisotopic (exact) mass is 299 g/mol. The predicted octanol–water partition coefficient (Wildman–Crippen LogP) is 3.05. The van der Waals surface area contributed by atoms with E-state index >= 15 is 0 Å². The average Bonchev–Trinajstić information content (AvgIpc) is 3.17. The minimum atomic E-state index is 0.228. The second kappa shape index (κ2) is 3.83. The number of hydrogen-bond donors (Lipinski definition) is 1. The van der Waals surface area contributed by atoms with E-state index < -0.39 is 0 Å². The molecular formula is C13H9N5S2. The predicted molar refractivity (Wildman–Crippen MR) is 80.8 cm³/mol. The summed E-state index contributed by atoms with van der Waals surface area (Å²) in [4.78, 5) is 3.35. The van der Waals surface area contributed by atoms with Crippen molar-refractivity contribution < 1.29 is 0 Å². The van der Waals surface area contributed by atoms with Gasteiger partial charge in [0.05, 0.1) is 0 Å². The van der Waals surface area contributed by atoms with Gasteiger partial charge < -0.3 is 4.98 Å². The van der Waals surface area contributed by atoms with Crippen molar-refractivity contribution >= 4 is 34.4 Å². The van der Waals surface area contributed by atoms with Crippen LogP contribution in [0.3, 0.4) is 0 Å². The van der Waals surface area contributed by atoms with E-state index in [4.69, 9.17) is 0 Å². The first-order valence-electron chi connectivity index (χ1n) is 6.21. The molecule has 2 aliphatic rings. The van der Waals surface area contributed by atoms with Crippen LogP contribution in [-0.2, 0) is 0 Å². The zero-order valence-electron chi connectivity index (χ0n) is 10.2. The third-order valence-corrected chi connectivity index (χ3v) is 5.75. The summed E-state index contributed by atoms with van der Waals surface area (Å²) in [5, 5.41) is 16.2. The van der Waals surface area contributed by atoms with Gasteiger partial charge in [0.25, 0.3) is 0 Å². The summed E-state index contributed by atoms with van der Waals surface area (Å²) in [5.74, 6) is 0. The van der Waals surface area contributed by atoms with Gasteiger partial charge in [-0.15, -0.1) is 10.2 Å². The normalized spacial score (nSPS) is 20.3. The summed E-state index contributed by atoms with van der Waals surface area (Å²) in [6.45, 7) is 0. The van der Waals surface area contributed by atoms with Crippen molar-refractivity contribution in [1.29, 1.82) is 0 Å². The summed E-state index contributed by atoms with van der Waals surface area (Å²) < 4.78 is 2.03. The maximum absolute atomic E-state index is 4.13. The maximum Gasteiger partial charge on any atom is 0.216 e. The largest absolute Gasteiger partial charge is 0.361 e. The van der Waals surface area contributed by atoms with Crippen molar-refractivity contribution in [1.82, 2.24) is 19.9 Å². The van der Waals surface area contributed by atoms with Gasteiger partial charge >= 0.3 is 0 Å². The van der Waals surface area contributed by atoms with Gasteiger partial charge in [0.2, 0.25) is 5.16 Å². The Morgan fingerprint density at radius 2 is 2.20 bits per heavy atom. The Morgan fingerprint density at radius 1 is 1.25 bits per heavy atom. The molecule has 0 amide bonds. The Bertz CT molecular complexity index is 849. The fourth-order valence-corrected chi connectivity index (χ4v) is 4.91. The number of nitrogens with one attached hydrogen (secondary N) is 1. The van der Waals surface area contributed by atoms with Crippen LogP contribution in [0.4, 0.5) is 0 Å². The maximum atomic E-state index is 4.13. The molecule has 1 unspecified atom stereocenters. The fraction of sp³-hybridized carbons (Fsp3) is 0.0769. The molecule has 0 spiro atoms. The first-order valence-corrected chi connectivity index (χ1v) is 7.97. The minimum Gasteiger partial charge on any atom is -0.361 e. The number of benzene rings is 1. The van der Waals surface area contributed by atoms with Gasteiger partial charge in [0.1, 0.15) is 16.7 Å². The lowest BCUT2D eigenvalue weighted by atomic mass is 10.2. The molecule has 0 aliphatic carbocycles. The van der Waals surface area contributed by atoms with Crippen LogP contribution < -0.4 is 5.01 Å². The number of aromatic nitrogens is 4. The molecule has 0 saturated carbocycles. The van der Waals surface area contributed by atoms with Crippen molar-refractivity contribution in [3.05, 3.63) is 52.8 Å². The molecule has 2 aromatic heterocycles. The van der Waals surface area contributed by atoms with E-state index in [2.05, 4.69) is 56.1 Å². The van der Waals surface area contributed by atoms with Crippen LogP contribution in [-0.4, -0.2) is 19.9 Å². The van der Waals surface area contributed by atoms with Crippen LogP contribution in [0.25, 0.3) is 10.9 Å². The molecule has 5 rings (SSSR count). The number of H-pyrrole nitrogens is 1. The number of hydrogen-bond acceptors (Lipinski definition) is 5. The van der Waals surface area contributed by atoms with Crippen LogP contribution in [0.1, 0.15) is 10.9 Å². The number of thioether (sulfide) groups is 2. The van der Waals surface area contributed by atoms with E-state index in [9.17, 15) is 0 Å². The molecule has 4 heterocycles. The molecule has 0 bridgehead atoms. The smallest absolute Gasteiger partial charge is 0.216 e. The molecule has 1 aromatic carbocycles. The van der Waals surface area contributed by atoms with Crippen molar-refractivity contribution in [3.8, 4) is 0 Å². The molecule has 0 radical (unpaired) electrons. The molecule has 3 aromatic rings. The van der Waals surface area contributed by atoms with E-state index in [-0.39, 0.29) is 5.37 Å². The number of rotatable bonds is 1. The fourth-order valence-electron chi connectivity index (χ4n) is 2.67. The summed E-state index contributed by atoms with van der Waals surface area (Å²) in [5.41, 5.74) is 2.46. The Morgan fingerprint density at radius 3 is 3.20 bits per heavy atom. The van der Waals surface area contributed by atoms with E-state index in [1.807, 2.05) is 16.4 Å². The highest BCUT2D eigenvalue weighted by Gasteiger charge is 2.38. The van der Waals surface area contributed by atoms with Crippen LogP contribution in [0.2, 0.25) is 0 Å². The first kappa shape index (κ1) is 10.9. The van der Waals surface area contributed by atoms with Gasteiger partial charge in [-0.2, -0.15) is 0 Å². The topological polar surface area (TPSA) is 49.7 Å². The van der Waals surface area contributed by atoms with E-state index in [1.54, 1.807) is 18.1 Å². The number of para-hydroxylation sites is 1.